The first kappa shape index (κ1) is 14.8. The predicted octanol–water partition coefficient (Wildman–Crippen LogP) is 4.43. The molecule has 1 saturated carbocycles. The van der Waals surface area contributed by atoms with Crippen LogP contribution in [0.25, 0.3) is 0 Å². The van der Waals surface area contributed by atoms with Gasteiger partial charge in [-0.05, 0) is 62.4 Å². The molecule has 0 amide bonds. The van der Waals surface area contributed by atoms with Gasteiger partial charge in [0.25, 0.3) is 0 Å². The summed E-state index contributed by atoms with van der Waals surface area (Å²) in [6.07, 6.45) is 11.8. The minimum atomic E-state index is -0.522. The topological polar surface area (TPSA) is 26.3 Å². The number of ether oxygens (including phenoxy) is 1. The number of carbonyl (C=O) groups is 1. The van der Waals surface area contributed by atoms with Crippen molar-refractivity contribution in [3.63, 3.8) is 0 Å². The lowest BCUT2D eigenvalue weighted by Gasteiger charge is -2.42. The fourth-order valence-electron chi connectivity index (χ4n) is 3.37. The fourth-order valence-corrected chi connectivity index (χ4v) is 3.37. The number of allylic oxidation sites excluding steroid dienone is 1. The lowest BCUT2D eigenvalue weighted by atomic mass is 9.68. The molecule has 0 spiro atoms. The maximum Gasteiger partial charge on any atom is 0.190 e. The Morgan fingerprint density at radius 3 is 2.42 bits per heavy atom. The monoisotopic (exact) mass is 264 g/mol. The molecule has 2 nitrogen and oxygen atoms in total. The summed E-state index contributed by atoms with van der Waals surface area (Å²) in [5.74, 6) is 0.285. The van der Waals surface area contributed by atoms with Crippen LogP contribution in [-0.2, 0) is 9.53 Å². The molecule has 1 fully saturated rings. The van der Waals surface area contributed by atoms with E-state index in [0.717, 1.165) is 50.5 Å². The van der Waals surface area contributed by atoms with Gasteiger partial charge in [0, 0.05) is 7.11 Å². The second-order valence-corrected chi connectivity index (χ2v) is 7.02. The van der Waals surface area contributed by atoms with Crippen LogP contribution in [-0.4, -0.2) is 18.5 Å². The van der Waals surface area contributed by atoms with Gasteiger partial charge in [-0.15, -0.1) is 0 Å². The second kappa shape index (κ2) is 5.78. The van der Waals surface area contributed by atoms with Gasteiger partial charge in [0.05, 0.1) is 0 Å². The molecule has 0 bridgehead atoms. The summed E-state index contributed by atoms with van der Waals surface area (Å²) in [6.45, 7) is 4.59. The van der Waals surface area contributed by atoms with E-state index in [-0.39, 0.29) is 5.78 Å². The minimum Gasteiger partial charge on any atom is -0.370 e. The first-order valence-corrected chi connectivity index (χ1v) is 7.78. The highest BCUT2D eigenvalue weighted by atomic mass is 16.5. The lowest BCUT2D eigenvalue weighted by Crippen LogP contribution is -2.46. The molecule has 2 aliphatic carbocycles. The summed E-state index contributed by atoms with van der Waals surface area (Å²) in [5.41, 5.74) is 0.880. The van der Waals surface area contributed by atoms with Crippen molar-refractivity contribution < 1.29 is 9.53 Å². The first-order chi connectivity index (χ1) is 8.99. The van der Waals surface area contributed by atoms with Crippen molar-refractivity contribution in [1.82, 2.24) is 0 Å². The van der Waals surface area contributed by atoms with Gasteiger partial charge in [0.2, 0.25) is 0 Å². The zero-order valence-electron chi connectivity index (χ0n) is 12.8. The number of Topliss-reactive ketones (excluding diaryl/α,β-unsaturated/α-hetero) is 1. The Bertz CT molecular complexity index is 355. The van der Waals surface area contributed by atoms with E-state index in [1.807, 2.05) is 0 Å². The molecule has 2 rings (SSSR count). The summed E-state index contributed by atoms with van der Waals surface area (Å²) < 4.78 is 5.74. The largest absolute Gasteiger partial charge is 0.370 e. The van der Waals surface area contributed by atoms with Crippen molar-refractivity contribution in [1.29, 1.82) is 0 Å². The average Bonchev–Trinajstić information content (AvgIpc) is 2.67. The van der Waals surface area contributed by atoms with Gasteiger partial charge in [0.1, 0.15) is 5.60 Å². The Morgan fingerprint density at radius 2 is 1.79 bits per heavy atom. The van der Waals surface area contributed by atoms with E-state index in [1.165, 1.54) is 12.8 Å². The summed E-state index contributed by atoms with van der Waals surface area (Å²) in [5, 5.41) is 0. The Hall–Kier alpha value is -0.630. The molecule has 0 unspecified atom stereocenters. The smallest absolute Gasteiger partial charge is 0.190 e. The lowest BCUT2D eigenvalue weighted by molar-refractivity contribution is -0.143. The Balaban J connectivity index is 2.13. The van der Waals surface area contributed by atoms with E-state index >= 15 is 0 Å². The van der Waals surface area contributed by atoms with E-state index in [9.17, 15) is 4.79 Å². The number of hydrogen-bond donors (Lipinski definition) is 0. The molecule has 0 aromatic rings. The van der Waals surface area contributed by atoms with Crippen LogP contribution >= 0.6 is 0 Å². The molecule has 108 valence electrons. The van der Waals surface area contributed by atoms with Crippen molar-refractivity contribution in [3.05, 3.63) is 11.6 Å². The van der Waals surface area contributed by atoms with Crippen molar-refractivity contribution in [3.8, 4) is 0 Å². The third-order valence-corrected chi connectivity index (χ3v) is 5.05. The zero-order valence-corrected chi connectivity index (χ0v) is 12.8. The molecule has 0 heterocycles. The van der Waals surface area contributed by atoms with Crippen LogP contribution in [0.15, 0.2) is 11.6 Å². The standard InChI is InChI=1S/C17H28O2/c1-16(2)10-12-17(19-3,13-11-16)15(18)14-8-6-4-5-7-9-14/h8H,4-7,9-13H2,1-3H3. The SMILES string of the molecule is COC1(C(=O)C2=CCCCCC2)CCC(C)(C)CC1. The maximum absolute atomic E-state index is 12.9. The summed E-state index contributed by atoms with van der Waals surface area (Å²) >= 11 is 0. The van der Waals surface area contributed by atoms with Gasteiger partial charge in [-0.1, -0.05) is 26.3 Å². The quantitative estimate of drug-likeness (QED) is 0.753. The molecule has 0 radical (unpaired) electrons. The molecular weight excluding hydrogens is 236 g/mol. The predicted molar refractivity (Wildman–Crippen MR) is 78.2 cm³/mol. The van der Waals surface area contributed by atoms with Crippen LogP contribution in [0.3, 0.4) is 0 Å². The zero-order chi connectivity index (χ0) is 13.9. The van der Waals surface area contributed by atoms with Gasteiger partial charge in [0.15, 0.2) is 5.78 Å². The molecule has 0 aliphatic heterocycles. The Kier molecular flexibility index (Phi) is 4.50. The van der Waals surface area contributed by atoms with Crippen LogP contribution in [0.1, 0.15) is 71.6 Å². The van der Waals surface area contributed by atoms with Crippen molar-refractivity contribution in [2.45, 2.75) is 77.2 Å². The average molecular weight is 264 g/mol. The molecule has 2 heteroatoms. The fraction of sp³-hybridized carbons (Fsp3) is 0.824. The van der Waals surface area contributed by atoms with Crippen LogP contribution < -0.4 is 0 Å². The van der Waals surface area contributed by atoms with Gasteiger partial charge < -0.3 is 4.74 Å². The first-order valence-electron chi connectivity index (χ1n) is 7.78. The molecule has 0 saturated heterocycles. The van der Waals surface area contributed by atoms with E-state index in [2.05, 4.69) is 19.9 Å². The summed E-state index contributed by atoms with van der Waals surface area (Å²) in [7, 11) is 1.72. The van der Waals surface area contributed by atoms with Gasteiger partial charge in [-0.3, -0.25) is 4.79 Å². The van der Waals surface area contributed by atoms with Gasteiger partial charge >= 0.3 is 0 Å². The number of rotatable bonds is 3. The number of ketones is 1. The minimum absolute atomic E-state index is 0.285. The molecule has 19 heavy (non-hydrogen) atoms. The molecule has 0 aromatic heterocycles. The van der Waals surface area contributed by atoms with Gasteiger partial charge in [-0.25, -0.2) is 0 Å². The van der Waals surface area contributed by atoms with Crippen LogP contribution in [0.4, 0.5) is 0 Å². The number of methoxy groups -OCH3 is 1. The van der Waals surface area contributed by atoms with Crippen LogP contribution in [0, 0.1) is 5.41 Å². The summed E-state index contributed by atoms with van der Waals surface area (Å²) in [6, 6.07) is 0. The van der Waals surface area contributed by atoms with E-state index < -0.39 is 5.60 Å². The van der Waals surface area contributed by atoms with Crippen molar-refractivity contribution in [2.24, 2.45) is 5.41 Å². The van der Waals surface area contributed by atoms with Crippen molar-refractivity contribution >= 4 is 5.78 Å². The third-order valence-electron chi connectivity index (χ3n) is 5.05. The Morgan fingerprint density at radius 1 is 1.11 bits per heavy atom. The number of carbonyl (C=O) groups excluding carboxylic acids is 1. The molecule has 0 atom stereocenters. The third kappa shape index (κ3) is 3.28. The molecule has 0 aromatic carbocycles. The van der Waals surface area contributed by atoms with Gasteiger partial charge in [-0.2, -0.15) is 0 Å². The Labute approximate surface area is 117 Å². The normalized spacial score (nSPS) is 26.4. The molecule has 2 aliphatic rings. The molecule has 0 N–H and O–H groups in total. The van der Waals surface area contributed by atoms with Crippen molar-refractivity contribution in [2.75, 3.05) is 7.11 Å². The second-order valence-electron chi connectivity index (χ2n) is 7.02. The highest BCUT2D eigenvalue weighted by Crippen LogP contribution is 2.43. The van der Waals surface area contributed by atoms with E-state index in [1.54, 1.807) is 7.11 Å². The van der Waals surface area contributed by atoms with E-state index in [4.69, 9.17) is 4.74 Å². The maximum atomic E-state index is 12.9. The highest BCUT2D eigenvalue weighted by molar-refractivity contribution is 6.02. The number of hydrogen-bond acceptors (Lipinski definition) is 2. The van der Waals surface area contributed by atoms with Crippen LogP contribution in [0.2, 0.25) is 0 Å². The van der Waals surface area contributed by atoms with Crippen LogP contribution in [0.5, 0.6) is 0 Å². The molecular formula is C17H28O2. The summed E-state index contributed by atoms with van der Waals surface area (Å²) in [4.78, 5) is 12.9. The highest BCUT2D eigenvalue weighted by Gasteiger charge is 2.44. The van der Waals surface area contributed by atoms with E-state index in [0.29, 0.717) is 5.41 Å².